The predicted octanol–water partition coefficient (Wildman–Crippen LogP) is 4.24. The van der Waals surface area contributed by atoms with Gasteiger partial charge in [0.2, 0.25) is 0 Å². The van der Waals surface area contributed by atoms with E-state index in [2.05, 4.69) is 0 Å². The molecule has 0 atom stereocenters. The molecule has 0 radical (unpaired) electrons. The predicted molar refractivity (Wildman–Crippen MR) is 78.2 cm³/mol. The lowest BCUT2D eigenvalue weighted by Crippen LogP contribution is -2.00. The van der Waals surface area contributed by atoms with Gasteiger partial charge in [-0.05, 0) is 35.9 Å². The Bertz CT molecular complexity index is 720. The Hall–Kier alpha value is -2.26. The maximum absolute atomic E-state index is 10.8. The van der Waals surface area contributed by atoms with Gasteiger partial charge in [0, 0.05) is 16.1 Å². The van der Waals surface area contributed by atoms with Gasteiger partial charge in [0.1, 0.15) is 11.5 Å². The summed E-state index contributed by atoms with van der Waals surface area (Å²) in [6.45, 7) is 0. The van der Waals surface area contributed by atoms with Crippen LogP contribution in [0.25, 0.3) is 12.2 Å². The van der Waals surface area contributed by atoms with Crippen LogP contribution in [0.1, 0.15) is 16.7 Å². The van der Waals surface area contributed by atoms with Crippen molar-refractivity contribution in [3.05, 3.63) is 58.1 Å². The average molecular weight is 287 g/mol. The van der Waals surface area contributed by atoms with Crippen LogP contribution in [-0.4, -0.2) is 11.1 Å². The molecule has 20 heavy (non-hydrogen) atoms. The van der Waals surface area contributed by atoms with Crippen LogP contribution in [0.4, 0.5) is 0 Å². The number of rotatable bonds is 2. The van der Waals surface area contributed by atoms with Crippen LogP contribution in [0, 0.1) is 0 Å². The molecule has 0 saturated carbocycles. The van der Waals surface area contributed by atoms with Crippen molar-refractivity contribution in [2.75, 3.05) is 0 Å². The highest BCUT2D eigenvalue weighted by atomic mass is 35.5. The topological polar surface area (TPSA) is 46.5 Å². The molecular formula is C16H11ClO3. The highest BCUT2D eigenvalue weighted by Crippen LogP contribution is 2.35. The zero-order valence-electron chi connectivity index (χ0n) is 10.5. The van der Waals surface area contributed by atoms with E-state index in [1.165, 1.54) is 0 Å². The number of carboxylic acid groups (broad SMARTS) is 1. The SMILES string of the molecule is O=C(O)Cc1ccc2c(c1)C=Cc1cc(Cl)ccc1O2. The van der Waals surface area contributed by atoms with E-state index < -0.39 is 5.97 Å². The summed E-state index contributed by atoms with van der Waals surface area (Å²) < 4.78 is 5.85. The summed E-state index contributed by atoms with van der Waals surface area (Å²) in [5, 5.41) is 9.48. The van der Waals surface area contributed by atoms with Crippen LogP contribution in [0.3, 0.4) is 0 Å². The van der Waals surface area contributed by atoms with E-state index in [0.29, 0.717) is 10.8 Å². The van der Waals surface area contributed by atoms with Gasteiger partial charge in [-0.25, -0.2) is 0 Å². The first-order chi connectivity index (χ1) is 9.61. The molecule has 1 N–H and O–H groups in total. The summed E-state index contributed by atoms with van der Waals surface area (Å²) in [4.78, 5) is 10.8. The number of carboxylic acids is 1. The Morgan fingerprint density at radius 3 is 2.40 bits per heavy atom. The molecule has 2 aromatic carbocycles. The van der Waals surface area contributed by atoms with E-state index in [0.717, 1.165) is 22.4 Å². The zero-order valence-corrected chi connectivity index (χ0v) is 11.2. The smallest absolute Gasteiger partial charge is 0.307 e. The molecule has 0 fully saturated rings. The number of carbonyl (C=O) groups is 1. The third-order valence-electron chi connectivity index (χ3n) is 3.06. The first kappa shape index (κ1) is 12.8. The molecule has 1 aliphatic heterocycles. The molecule has 3 nitrogen and oxygen atoms in total. The summed E-state index contributed by atoms with van der Waals surface area (Å²) in [5.41, 5.74) is 2.50. The van der Waals surface area contributed by atoms with E-state index in [4.69, 9.17) is 21.4 Å². The molecule has 0 unspecified atom stereocenters. The zero-order chi connectivity index (χ0) is 14.1. The van der Waals surface area contributed by atoms with Crippen molar-refractivity contribution >= 4 is 29.7 Å². The van der Waals surface area contributed by atoms with Crippen LogP contribution >= 0.6 is 11.6 Å². The van der Waals surface area contributed by atoms with E-state index in [-0.39, 0.29) is 6.42 Å². The minimum absolute atomic E-state index is 0.000103. The molecule has 100 valence electrons. The largest absolute Gasteiger partial charge is 0.481 e. The second kappa shape index (κ2) is 5.02. The number of hydrogen-bond donors (Lipinski definition) is 1. The summed E-state index contributed by atoms with van der Waals surface area (Å²) in [5.74, 6) is 0.588. The highest BCUT2D eigenvalue weighted by Gasteiger charge is 2.12. The lowest BCUT2D eigenvalue weighted by Gasteiger charge is -2.09. The minimum Gasteiger partial charge on any atom is -0.481 e. The van der Waals surface area contributed by atoms with Gasteiger partial charge < -0.3 is 9.84 Å². The van der Waals surface area contributed by atoms with Gasteiger partial charge in [0.25, 0.3) is 0 Å². The average Bonchev–Trinajstić information content (AvgIpc) is 2.57. The molecule has 3 rings (SSSR count). The summed E-state index contributed by atoms with van der Waals surface area (Å²) in [7, 11) is 0. The number of halogens is 1. The number of hydrogen-bond acceptors (Lipinski definition) is 2. The van der Waals surface area contributed by atoms with Crippen molar-refractivity contribution in [1.29, 1.82) is 0 Å². The summed E-state index contributed by atoms with van der Waals surface area (Å²) in [6, 6.07) is 10.8. The van der Waals surface area contributed by atoms with Crippen molar-refractivity contribution in [1.82, 2.24) is 0 Å². The van der Waals surface area contributed by atoms with Crippen molar-refractivity contribution in [3.8, 4) is 11.5 Å². The van der Waals surface area contributed by atoms with Gasteiger partial charge in [0.15, 0.2) is 0 Å². The fraction of sp³-hybridized carbons (Fsp3) is 0.0625. The van der Waals surface area contributed by atoms with Crippen molar-refractivity contribution in [3.63, 3.8) is 0 Å². The Kier molecular flexibility index (Phi) is 3.20. The Balaban J connectivity index is 2.02. The molecule has 0 saturated heterocycles. The van der Waals surface area contributed by atoms with Gasteiger partial charge in [-0.15, -0.1) is 0 Å². The summed E-state index contributed by atoms with van der Waals surface area (Å²) >= 11 is 5.97. The Morgan fingerprint density at radius 1 is 1.05 bits per heavy atom. The van der Waals surface area contributed by atoms with Crippen LogP contribution in [0.2, 0.25) is 5.02 Å². The standard InChI is InChI=1S/C16H11ClO3/c17-13-4-6-15-12(9-13)3-2-11-7-10(8-16(18)19)1-5-14(11)20-15/h1-7,9H,8H2,(H,18,19). The van der Waals surface area contributed by atoms with Gasteiger partial charge in [-0.2, -0.15) is 0 Å². The number of aliphatic carboxylic acids is 1. The first-order valence-electron chi connectivity index (χ1n) is 6.12. The number of benzene rings is 2. The molecule has 0 spiro atoms. The normalized spacial score (nSPS) is 12.1. The lowest BCUT2D eigenvalue weighted by molar-refractivity contribution is -0.136. The molecule has 0 aliphatic carbocycles. The molecule has 0 amide bonds. The fourth-order valence-corrected chi connectivity index (χ4v) is 2.33. The molecule has 1 aliphatic rings. The molecule has 0 bridgehead atoms. The fourth-order valence-electron chi connectivity index (χ4n) is 2.15. The monoisotopic (exact) mass is 286 g/mol. The second-order valence-corrected chi connectivity index (χ2v) is 5.00. The minimum atomic E-state index is -0.849. The molecule has 1 heterocycles. The third-order valence-corrected chi connectivity index (χ3v) is 3.30. The lowest BCUT2D eigenvalue weighted by atomic mass is 10.1. The van der Waals surface area contributed by atoms with E-state index in [1.54, 1.807) is 18.2 Å². The Labute approximate surface area is 121 Å². The van der Waals surface area contributed by atoms with Gasteiger partial charge in [0.05, 0.1) is 6.42 Å². The van der Waals surface area contributed by atoms with Crippen LogP contribution in [0.5, 0.6) is 11.5 Å². The van der Waals surface area contributed by atoms with Gasteiger partial charge in [-0.3, -0.25) is 4.79 Å². The van der Waals surface area contributed by atoms with E-state index >= 15 is 0 Å². The molecular weight excluding hydrogens is 276 g/mol. The number of fused-ring (bicyclic) bond motifs is 2. The van der Waals surface area contributed by atoms with Gasteiger partial charge >= 0.3 is 5.97 Å². The van der Waals surface area contributed by atoms with E-state index in [9.17, 15) is 4.79 Å². The quantitative estimate of drug-likeness (QED) is 0.766. The van der Waals surface area contributed by atoms with Crippen LogP contribution in [0.15, 0.2) is 36.4 Å². The van der Waals surface area contributed by atoms with Crippen LogP contribution < -0.4 is 4.74 Å². The number of ether oxygens (including phenoxy) is 1. The Morgan fingerprint density at radius 2 is 1.70 bits per heavy atom. The maximum atomic E-state index is 10.8. The second-order valence-electron chi connectivity index (χ2n) is 4.56. The van der Waals surface area contributed by atoms with Crippen molar-refractivity contribution in [2.45, 2.75) is 6.42 Å². The third kappa shape index (κ3) is 2.53. The highest BCUT2D eigenvalue weighted by molar-refractivity contribution is 6.30. The molecule has 2 aromatic rings. The van der Waals surface area contributed by atoms with Crippen molar-refractivity contribution < 1.29 is 14.6 Å². The summed E-state index contributed by atoms with van der Waals surface area (Å²) in [6.07, 6.45) is 3.82. The van der Waals surface area contributed by atoms with Gasteiger partial charge in [-0.1, -0.05) is 29.8 Å². The van der Waals surface area contributed by atoms with E-state index in [1.807, 2.05) is 30.4 Å². The maximum Gasteiger partial charge on any atom is 0.307 e. The molecule has 0 aromatic heterocycles. The molecule has 4 heteroatoms. The first-order valence-corrected chi connectivity index (χ1v) is 6.50. The van der Waals surface area contributed by atoms with Crippen LogP contribution in [-0.2, 0) is 11.2 Å². The van der Waals surface area contributed by atoms with Crippen molar-refractivity contribution in [2.24, 2.45) is 0 Å².